The van der Waals surface area contributed by atoms with Crippen molar-refractivity contribution in [3.05, 3.63) is 58.9 Å². The Hall–Kier alpha value is -2.67. The number of carbonyl (C=O) groups is 1. The lowest BCUT2D eigenvalue weighted by molar-refractivity contribution is -0.138. The van der Waals surface area contributed by atoms with Gasteiger partial charge >= 0.3 is 12.6 Å². The van der Waals surface area contributed by atoms with Crippen molar-refractivity contribution in [1.29, 1.82) is 0 Å². The highest BCUT2D eigenvalue weighted by Gasteiger charge is 2.10. The first-order valence-corrected chi connectivity index (χ1v) is 7.44. The largest absolute Gasteiger partial charge is 0.493 e. The first kappa shape index (κ1) is 18.7. The zero-order valence-electron chi connectivity index (χ0n) is 13.1. The van der Waals surface area contributed by atoms with E-state index >= 15 is 0 Å². The van der Waals surface area contributed by atoms with Gasteiger partial charge in [0.1, 0.15) is 11.8 Å². The summed E-state index contributed by atoms with van der Waals surface area (Å²) in [6.07, 6.45) is 4.19. The highest BCUT2D eigenvalue weighted by atomic mass is 35.5. The second-order valence-electron chi connectivity index (χ2n) is 4.72. The van der Waals surface area contributed by atoms with Crippen LogP contribution in [-0.2, 0) is 16.1 Å². The fraction of sp³-hybridized carbons (Fsp3) is 0.176. The molecule has 0 fully saturated rings. The number of pyridine rings is 1. The molecule has 2 aromatic rings. The van der Waals surface area contributed by atoms with Gasteiger partial charge in [-0.2, -0.15) is 8.78 Å². The Balaban J connectivity index is 1.95. The molecule has 0 saturated heterocycles. The number of ether oxygens (including phenoxy) is 3. The third-order valence-corrected chi connectivity index (χ3v) is 3.21. The smallest absolute Gasteiger partial charge is 0.387 e. The van der Waals surface area contributed by atoms with E-state index in [1.54, 1.807) is 12.1 Å². The Morgan fingerprint density at radius 3 is 2.72 bits per heavy atom. The zero-order valence-corrected chi connectivity index (χ0v) is 13.9. The van der Waals surface area contributed by atoms with Crippen LogP contribution in [0.3, 0.4) is 0 Å². The molecule has 1 heterocycles. The SMILES string of the molecule is COc1cc(/C=C/C(=O)OCc2ccc(Cl)nc2)ccc1OC(F)F. The Morgan fingerprint density at radius 1 is 1.28 bits per heavy atom. The Kier molecular flexibility index (Phi) is 6.71. The third kappa shape index (κ3) is 6.04. The first-order valence-electron chi connectivity index (χ1n) is 7.06. The zero-order chi connectivity index (χ0) is 18.2. The molecule has 0 aliphatic rings. The van der Waals surface area contributed by atoms with E-state index in [0.29, 0.717) is 16.3 Å². The molecule has 0 atom stereocenters. The normalized spacial score (nSPS) is 10.9. The Bertz CT molecular complexity index is 751. The maximum atomic E-state index is 12.3. The number of nitrogens with zero attached hydrogens (tertiary/aromatic N) is 1. The number of esters is 1. The van der Waals surface area contributed by atoms with Crippen LogP contribution in [0.2, 0.25) is 5.15 Å². The number of methoxy groups -OCH3 is 1. The van der Waals surface area contributed by atoms with Gasteiger partial charge in [0.05, 0.1) is 7.11 Å². The van der Waals surface area contributed by atoms with E-state index in [1.807, 2.05) is 0 Å². The van der Waals surface area contributed by atoms with Gasteiger partial charge in [-0.15, -0.1) is 0 Å². The number of hydrogen-bond acceptors (Lipinski definition) is 5. The molecule has 2 rings (SSSR count). The predicted octanol–water partition coefficient (Wildman–Crippen LogP) is 4.10. The molecule has 5 nitrogen and oxygen atoms in total. The number of halogens is 3. The van der Waals surface area contributed by atoms with Crippen molar-refractivity contribution in [3.63, 3.8) is 0 Å². The fourth-order valence-electron chi connectivity index (χ4n) is 1.84. The minimum Gasteiger partial charge on any atom is -0.493 e. The van der Waals surface area contributed by atoms with E-state index in [2.05, 4.69) is 9.72 Å². The molecule has 0 radical (unpaired) electrons. The minimum absolute atomic E-state index is 0.0534. The quantitative estimate of drug-likeness (QED) is 0.418. The topological polar surface area (TPSA) is 57.7 Å². The van der Waals surface area contributed by atoms with E-state index in [0.717, 1.165) is 0 Å². The number of hydrogen-bond donors (Lipinski definition) is 0. The summed E-state index contributed by atoms with van der Waals surface area (Å²) in [5.74, 6) is -0.530. The Morgan fingerprint density at radius 2 is 2.08 bits per heavy atom. The molecule has 1 aromatic carbocycles. The summed E-state index contributed by atoms with van der Waals surface area (Å²) in [4.78, 5) is 15.6. The highest BCUT2D eigenvalue weighted by Crippen LogP contribution is 2.29. The summed E-state index contributed by atoms with van der Waals surface area (Å²) in [5.41, 5.74) is 1.25. The molecular formula is C17H14ClF2NO4. The number of alkyl halides is 2. The van der Waals surface area contributed by atoms with Crippen LogP contribution in [0.1, 0.15) is 11.1 Å². The van der Waals surface area contributed by atoms with Gasteiger partial charge in [0.2, 0.25) is 0 Å². The van der Waals surface area contributed by atoms with Crippen molar-refractivity contribution in [3.8, 4) is 11.5 Å². The number of carbonyl (C=O) groups excluding carboxylic acids is 1. The second kappa shape index (κ2) is 8.98. The summed E-state index contributed by atoms with van der Waals surface area (Å²) in [5, 5.41) is 0.350. The Labute approximate surface area is 147 Å². The van der Waals surface area contributed by atoms with Crippen molar-refractivity contribution in [2.45, 2.75) is 13.2 Å². The average molecular weight is 370 g/mol. The summed E-state index contributed by atoms with van der Waals surface area (Å²) in [7, 11) is 1.33. The van der Waals surface area contributed by atoms with Crippen LogP contribution >= 0.6 is 11.6 Å². The van der Waals surface area contributed by atoms with Crippen molar-refractivity contribution < 1.29 is 27.8 Å². The van der Waals surface area contributed by atoms with Gasteiger partial charge < -0.3 is 14.2 Å². The average Bonchev–Trinajstić information content (AvgIpc) is 2.60. The summed E-state index contributed by atoms with van der Waals surface area (Å²) < 4.78 is 38.9. The molecule has 132 valence electrons. The summed E-state index contributed by atoms with van der Waals surface area (Å²) in [6.45, 7) is -2.90. The molecule has 0 aliphatic heterocycles. The summed E-state index contributed by atoms with van der Waals surface area (Å²) >= 11 is 5.66. The summed E-state index contributed by atoms with van der Waals surface area (Å²) in [6, 6.07) is 7.59. The van der Waals surface area contributed by atoms with Gasteiger partial charge in [0.15, 0.2) is 11.5 Å². The van der Waals surface area contributed by atoms with Gasteiger partial charge in [-0.25, -0.2) is 9.78 Å². The number of aromatic nitrogens is 1. The van der Waals surface area contributed by atoms with Crippen LogP contribution in [0.25, 0.3) is 6.08 Å². The van der Waals surface area contributed by atoms with Crippen molar-refractivity contribution in [2.75, 3.05) is 7.11 Å². The van der Waals surface area contributed by atoms with E-state index in [-0.39, 0.29) is 18.1 Å². The fourth-order valence-corrected chi connectivity index (χ4v) is 1.95. The first-order chi connectivity index (χ1) is 12.0. The maximum Gasteiger partial charge on any atom is 0.387 e. The van der Waals surface area contributed by atoms with Crippen molar-refractivity contribution in [2.24, 2.45) is 0 Å². The van der Waals surface area contributed by atoms with Gasteiger partial charge in [-0.05, 0) is 29.8 Å². The van der Waals surface area contributed by atoms with Crippen molar-refractivity contribution in [1.82, 2.24) is 4.98 Å². The number of benzene rings is 1. The second-order valence-corrected chi connectivity index (χ2v) is 5.11. The maximum absolute atomic E-state index is 12.3. The van der Waals surface area contributed by atoms with Gasteiger partial charge in [-0.3, -0.25) is 0 Å². The molecule has 0 amide bonds. The minimum atomic E-state index is -2.95. The van der Waals surface area contributed by atoms with Crippen LogP contribution in [0, 0.1) is 0 Å². The molecule has 0 aliphatic carbocycles. The number of rotatable bonds is 7. The van der Waals surface area contributed by atoms with Gasteiger partial charge in [-0.1, -0.05) is 23.7 Å². The lowest BCUT2D eigenvalue weighted by Crippen LogP contribution is -2.03. The van der Waals surface area contributed by atoms with Crippen LogP contribution in [0.15, 0.2) is 42.6 Å². The molecule has 25 heavy (non-hydrogen) atoms. The molecule has 0 N–H and O–H groups in total. The van der Waals surface area contributed by atoms with E-state index in [4.69, 9.17) is 21.1 Å². The predicted molar refractivity (Wildman–Crippen MR) is 87.7 cm³/mol. The van der Waals surface area contributed by atoms with Crippen molar-refractivity contribution >= 4 is 23.6 Å². The van der Waals surface area contributed by atoms with E-state index in [9.17, 15) is 13.6 Å². The van der Waals surface area contributed by atoms with Crippen LogP contribution in [0.4, 0.5) is 8.78 Å². The standard InChI is InChI=1S/C17H14ClF2NO4/c1-23-14-8-11(2-5-13(14)25-17(19)20)4-7-16(22)24-10-12-3-6-15(18)21-9-12/h2-9,17H,10H2,1H3/b7-4+. The third-order valence-electron chi connectivity index (χ3n) is 2.99. The van der Waals surface area contributed by atoms with Crippen LogP contribution in [0.5, 0.6) is 11.5 Å². The molecule has 0 unspecified atom stereocenters. The molecule has 0 spiro atoms. The van der Waals surface area contributed by atoms with Gasteiger partial charge in [0, 0.05) is 17.8 Å². The van der Waals surface area contributed by atoms with E-state index < -0.39 is 12.6 Å². The molecule has 1 aromatic heterocycles. The lowest BCUT2D eigenvalue weighted by Gasteiger charge is -2.10. The highest BCUT2D eigenvalue weighted by molar-refractivity contribution is 6.29. The lowest BCUT2D eigenvalue weighted by atomic mass is 10.2. The van der Waals surface area contributed by atoms with Gasteiger partial charge in [0.25, 0.3) is 0 Å². The van der Waals surface area contributed by atoms with E-state index in [1.165, 1.54) is 43.7 Å². The van der Waals surface area contributed by atoms with Crippen LogP contribution in [-0.4, -0.2) is 24.7 Å². The van der Waals surface area contributed by atoms with Crippen LogP contribution < -0.4 is 9.47 Å². The molecule has 0 saturated carbocycles. The molecule has 0 bridgehead atoms. The molecule has 8 heteroatoms. The molecular weight excluding hydrogens is 356 g/mol. The monoisotopic (exact) mass is 369 g/mol.